The van der Waals surface area contributed by atoms with Gasteiger partial charge in [-0.3, -0.25) is 5.10 Å². The molecule has 1 N–H and O–H groups in total. The predicted molar refractivity (Wildman–Crippen MR) is 82.6 cm³/mol. The third-order valence-electron chi connectivity index (χ3n) is 2.54. The quantitative estimate of drug-likeness (QED) is 0.640. The topological polar surface area (TPSA) is 90.9 Å². The fraction of sp³-hybridized carbons (Fsp3) is 0.214. The number of thioether (sulfide) groups is 1. The van der Waals surface area contributed by atoms with Gasteiger partial charge in [0.1, 0.15) is 11.6 Å². The standard InChI is InChI=1S/C14H14ClN3O3S/c1-3-21-11-5-4-10(15)6-9(11)7-12(13(19)20)22-14-16-8(2)17-18-14/h4-7H,3H2,1-2H3,(H,19,20)(H,16,17,18)/p-1/b12-7-. The average molecular weight is 339 g/mol. The van der Waals surface area contributed by atoms with Crippen LogP contribution in [0.2, 0.25) is 5.02 Å². The molecule has 0 bridgehead atoms. The van der Waals surface area contributed by atoms with Crippen molar-refractivity contribution < 1.29 is 14.6 Å². The summed E-state index contributed by atoms with van der Waals surface area (Å²) >= 11 is 6.85. The molecule has 116 valence electrons. The largest absolute Gasteiger partial charge is 0.544 e. The second-order valence-electron chi connectivity index (χ2n) is 4.22. The molecule has 2 rings (SSSR count). The lowest BCUT2D eigenvalue weighted by Crippen LogP contribution is -2.23. The maximum Gasteiger partial charge on any atom is 0.213 e. The Morgan fingerprint density at radius 1 is 1.55 bits per heavy atom. The van der Waals surface area contributed by atoms with Crippen LogP contribution in [-0.4, -0.2) is 27.8 Å². The molecule has 1 aromatic carbocycles. The van der Waals surface area contributed by atoms with Crippen LogP contribution in [0, 0.1) is 6.92 Å². The van der Waals surface area contributed by atoms with E-state index in [1.54, 1.807) is 25.1 Å². The summed E-state index contributed by atoms with van der Waals surface area (Å²) in [6.07, 6.45) is 1.43. The number of H-pyrrole nitrogens is 1. The van der Waals surface area contributed by atoms with Crippen molar-refractivity contribution in [2.75, 3.05) is 6.61 Å². The molecule has 6 nitrogen and oxygen atoms in total. The number of aliphatic carboxylic acids is 1. The number of nitrogens with one attached hydrogen (secondary N) is 1. The van der Waals surface area contributed by atoms with E-state index >= 15 is 0 Å². The van der Waals surface area contributed by atoms with Gasteiger partial charge >= 0.3 is 0 Å². The number of hydrogen-bond acceptors (Lipinski definition) is 6. The van der Waals surface area contributed by atoms with Crippen LogP contribution in [0.3, 0.4) is 0 Å². The molecule has 2 aromatic rings. The van der Waals surface area contributed by atoms with Crippen LogP contribution in [-0.2, 0) is 4.79 Å². The van der Waals surface area contributed by atoms with Gasteiger partial charge in [0.05, 0.1) is 12.6 Å². The highest BCUT2D eigenvalue weighted by atomic mass is 35.5. The Bertz CT molecular complexity index is 715. The van der Waals surface area contributed by atoms with Crippen molar-refractivity contribution >= 4 is 35.4 Å². The van der Waals surface area contributed by atoms with Crippen molar-refractivity contribution in [1.29, 1.82) is 0 Å². The molecule has 0 aliphatic heterocycles. The predicted octanol–water partition coefficient (Wildman–Crippen LogP) is 2.05. The molecule has 0 saturated heterocycles. The molecule has 0 radical (unpaired) electrons. The summed E-state index contributed by atoms with van der Waals surface area (Å²) in [6, 6.07) is 4.99. The van der Waals surface area contributed by atoms with E-state index in [0.717, 1.165) is 11.8 Å². The van der Waals surface area contributed by atoms with Crippen LogP contribution < -0.4 is 9.84 Å². The summed E-state index contributed by atoms with van der Waals surface area (Å²) in [5, 5.41) is 18.6. The van der Waals surface area contributed by atoms with Gasteiger partial charge in [0.2, 0.25) is 5.16 Å². The van der Waals surface area contributed by atoms with Crippen molar-refractivity contribution in [1.82, 2.24) is 15.2 Å². The third kappa shape index (κ3) is 4.25. The summed E-state index contributed by atoms with van der Waals surface area (Å²) in [5.74, 6) is -0.190. The van der Waals surface area contributed by atoms with Gasteiger partial charge < -0.3 is 14.6 Å². The first-order chi connectivity index (χ1) is 10.5. The molecular formula is C14H13ClN3O3S-. The zero-order valence-electron chi connectivity index (χ0n) is 11.9. The number of carboxylic acids is 1. The van der Waals surface area contributed by atoms with Crippen LogP contribution in [0.1, 0.15) is 18.3 Å². The maximum absolute atomic E-state index is 11.3. The lowest BCUT2D eigenvalue weighted by atomic mass is 10.2. The zero-order chi connectivity index (χ0) is 16.1. The molecule has 8 heteroatoms. The van der Waals surface area contributed by atoms with Crippen molar-refractivity contribution in [3.8, 4) is 5.75 Å². The van der Waals surface area contributed by atoms with E-state index in [2.05, 4.69) is 15.2 Å². The monoisotopic (exact) mass is 338 g/mol. The number of aromatic amines is 1. The van der Waals surface area contributed by atoms with Gasteiger partial charge in [-0.25, -0.2) is 4.98 Å². The smallest absolute Gasteiger partial charge is 0.213 e. The minimum absolute atomic E-state index is 0.0396. The Morgan fingerprint density at radius 2 is 2.32 bits per heavy atom. The Morgan fingerprint density at radius 3 is 2.91 bits per heavy atom. The van der Waals surface area contributed by atoms with Gasteiger partial charge in [-0.15, -0.1) is 5.10 Å². The average Bonchev–Trinajstić information content (AvgIpc) is 2.86. The van der Waals surface area contributed by atoms with Crippen LogP contribution in [0.4, 0.5) is 0 Å². The molecule has 0 aliphatic rings. The van der Waals surface area contributed by atoms with Crippen molar-refractivity contribution in [3.05, 3.63) is 39.5 Å². The van der Waals surface area contributed by atoms with E-state index < -0.39 is 5.97 Å². The van der Waals surface area contributed by atoms with E-state index in [1.807, 2.05) is 6.92 Å². The van der Waals surface area contributed by atoms with Crippen molar-refractivity contribution in [3.63, 3.8) is 0 Å². The van der Waals surface area contributed by atoms with E-state index in [-0.39, 0.29) is 4.91 Å². The van der Waals surface area contributed by atoms with Crippen molar-refractivity contribution in [2.24, 2.45) is 0 Å². The fourth-order valence-corrected chi connectivity index (χ4v) is 2.58. The van der Waals surface area contributed by atoms with Crippen molar-refractivity contribution in [2.45, 2.75) is 19.0 Å². The number of carbonyl (C=O) groups excluding carboxylic acids is 1. The normalized spacial score (nSPS) is 11.5. The van der Waals surface area contributed by atoms with Crippen LogP contribution >= 0.6 is 23.4 Å². The fourth-order valence-electron chi connectivity index (χ4n) is 1.66. The van der Waals surface area contributed by atoms with Crippen LogP contribution in [0.25, 0.3) is 6.08 Å². The number of aromatic nitrogens is 3. The SMILES string of the molecule is CCOc1ccc(Cl)cc1/C=C(\Sc1n[nH]c(C)n1)C(=O)[O-]. The molecule has 0 aliphatic carbocycles. The molecule has 0 unspecified atom stereocenters. The summed E-state index contributed by atoms with van der Waals surface area (Å²) in [7, 11) is 0. The summed E-state index contributed by atoms with van der Waals surface area (Å²) in [5.41, 5.74) is 0.549. The van der Waals surface area contributed by atoms with Crippen LogP contribution in [0.5, 0.6) is 5.75 Å². The number of carboxylic acid groups (broad SMARTS) is 1. The second-order valence-corrected chi connectivity index (χ2v) is 5.66. The number of hydrogen-bond donors (Lipinski definition) is 1. The van der Waals surface area contributed by atoms with Gasteiger partial charge in [-0.05, 0) is 49.9 Å². The van der Waals surface area contributed by atoms with E-state index in [0.29, 0.717) is 33.9 Å². The summed E-state index contributed by atoms with van der Waals surface area (Å²) in [6.45, 7) is 4.02. The number of carbonyl (C=O) groups is 1. The number of nitrogens with zero attached hydrogens (tertiary/aromatic N) is 2. The molecule has 0 atom stereocenters. The minimum atomic E-state index is -1.32. The van der Waals surface area contributed by atoms with Gasteiger partial charge in [0, 0.05) is 15.5 Å². The molecule has 0 spiro atoms. The highest BCUT2D eigenvalue weighted by molar-refractivity contribution is 8.04. The Hall–Kier alpha value is -1.99. The molecule has 0 amide bonds. The molecule has 22 heavy (non-hydrogen) atoms. The van der Waals surface area contributed by atoms with Gasteiger partial charge in [0.15, 0.2) is 0 Å². The summed E-state index contributed by atoms with van der Waals surface area (Å²) < 4.78 is 5.46. The lowest BCUT2D eigenvalue weighted by Gasteiger charge is -2.10. The van der Waals surface area contributed by atoms with E-state index in [4.69, 9.17) is 16.3 Å². The number of aryl methyl sites for hydroxylation is 1. The highest BCUT2D eigenvalue weighted by Gasteiger charge is 2.10. The molecule has 1 heterocycles. The van der Waals surface area contributed by atoms with Gasteiger partial charge in [-0.1, -0.05) is 11.6 Å². The molecule has 1 aromatic heterocycles. The maximum atomic E-state index is 11.3. The van der Waals surface area contributed by atoms with E-state index in [1.165, 1.54) is 6.08 Å². The Balaban J connectivity index is 2.37. The Kier molecular flexibility index (Phi) is 5.46. The molecule has 0 fully saturated rings. The number of benzene rings is 1. The van der Waals surface area contributed by atoms with Gasteiger partial charge in [-0.2, -0.15) is 0 Å². The third-order valence-corrected chi connectivity index (χ3v) is 3.64. The highest BCUT2D eigenvalue weighted by Crippen LogP contribution is 2.30. The van der Waals surface area contributed by atoms with Crippen LogP contribution in [0.15, 0.2) is 28.3 Å². The first-order valence-electron chi connectivity index (χ1n) is 6.42. The van der Waals surface area contributed by atoms with Gasteiger partial charge in [0.25, 0.3) is 0 Å². The number of halogens is 1. The first-order valence-corrected chi connectivity index (χ1v) is 7.61. The zero-order valence-corrected chi connectivity index (χ0v) is 13.5. The second kappa shape index (κ2) is 7.33. The first kappa shape index (κ1) is 16.4. The Labute approximate surface area is 136 Å². The number of ether oxygens (including phenoxy) is 1. The summed E-state index contributed by atoms with van der Waals surface area (Å²) in [4.78, 5) is 15.3. The minimum Gasteiger partial charge on any atom is -0.544 e. The van der Waals surface area contributed by atoms with E-state index in [9.17, 15) is 9.90 Å². The molecular weight excluding hydrogens is 326 g/mol. The number of rotatable bonds is 6. The molecule has 0 saturated carbocycles. The lowest BCUT2D eigenvalue weighted by molar-refractivity contribution is -0.297.